The molecule has 2 aromatic heterocycles. The summed E-state index contributed by atoms with van der Waals surface area (Å²) in [4.78, 5) is 16.8. The smallest absolute Gasteiger partial charge is 0.236 e. The van der Waals surface area contributed by atoms with E-state index in [9.17, 15) is 4.79 Å². The number of fused-ring (bicyclic) bond motifs is 1. The molecular formula is C22H24N6O2S2. The van der Waals surface area contributed by atoms with Gasteiger partial charge in [0, 0.05) is 0 Å². The van der Waals surface area contributed by atoms with Crippen molar-refractivity contribution in [1.82, 2.24) is 19.9 Å². The molecule has 0 aliphatic carbocycles. The van der Waals surface area contributed by atoms with Gasteiger partial charge in [-0.05, 0) is 48.2 Å². The molecule has 0 saturated carbocycles. The van der Waals surface area contributed by atoms with Gasteiger partial charge in [-0.2, -0.15) is 0 Å². The van der Waals surface area contributed by atoms with Crippen molar-refractivity contribution >= 4 is 44.4 Å². The van der Waals surface area contributed by atoms with Crippen molar-refractivity contribution in [2.75, 3.05) is 16.9 Å². The molecule has 4 rings (SSSR count). The maximum absolute atomic E-state index is 12.3. The number of nitrogens with zero attached hydrogens (tertiary/aromatic N) is 4. The van der Waals surface area contributed by atoms with E-state index in [2.05, 4.69) is 40.4 Å². The van der Waals surface area contributed by atoms with Crippen LogP contribution in [0.4, 0.5) is 5.13 Å². The predicted molar refractivity (Wildman–Crippen MR) is 129 cm³/mol. The third-order valence-corrected chi connectivity index (χ3v) is 6.65. The lowest BCUT2D eigenvalue weighted by Gasteiger charge is -2.09. The molecule has 2 heterocycles. The number of hydrogen-bond donors (Lipinski definition) is 2. The number of amides is 1. The number of aromatic nitrogens is 4. The number of ether oxygens (including phenoxy) is 1. The Labute approximate surface area is 194 Å². The Morgan fingerprint density at radius 1 is 1.22 bits per heavy atom. The van der Waals surface area contributed by atoms with Crippen LogP contribution in [0.5, 0.6) is 5.75 Å². The van der Waals surface area contributed by atoms with Gasteiger partial charge >= 0.3 is 0 Å². The van der Waals surface area contributed by atoms with Crippen molar-refractivity contribution in [3.63, 3.8) is 0 Å². The maximum atomic E-state index is 12.3. The number of nitrogens with two attached hydrogens (primary N) is 1. The number of nitrogens with one attached hydrogen (secondary N) is 1. The standard InChI is InChI=1S/C22H24N6O2S2/c1-13(2)15-5-7-16(8-6-15)30-11-19-26-27-22(28(19)23)31-12-20(29)25-21-24-17-9-4-14(3)10-18(17)32-21/h4-10,13H,11-12,23H2,1-3H3,(H,24,25,29). The monoisotopic (exact) mass is 468 g/mol. The van der Waals surface area contributed by atoms with E-state index in [1.54, 1.807) is 0 Å². The zero-order valence-electron chi connectivity index (χ0n) is 18.0. The van der Waals surface area contributed by atoms with E-state index in [4.69, 9.17) is 10.6 Å². The van der Waals surface area contributed by atoms with E-state index in [0.717, 1.165) is 21.5 Å². The normalized spacial score (nSPS) is 11.2. The molecule has 0 saturated heterocycles. The molecule has 32 heavy (non-hydrogen) atoms. The Bertz CT molecular complexity index is 1230. The van der Waals surface area contributed by atoms with E-state index >= 15 is 0 Å². The highest BCUT2D eigenvalue weighted by Crippen LogP contribution is 2.27. The fourth-order valence-corrected chi connectivity index (χ4v) is 4.63. The Balaban J connectivity index is 1.30. The van der Waals surface area contributed by atoms with Crippen LogP contribution in [0.15, 0.2) is 47.6 Å². The minimum Gasteiger partial charge on any atom is -0.486 e. The zero-order valence-corrected chi connectivity index (χ0v) is 19.7. The van der Waals surface area contributed by atoms with E-state index in [-0.39, 0.29) is 18.3 Å². The number of anilines is 1. The topological polar surface area (TPSA) is 108 Å². The molecule has 3 N–H and O–H groups in total. The molecule has 2 aromatic carbocycles. The largest absolute Gasteiger partial charge is 0.486 e. The van der Waals surface area contributed by atoms with Crippen LogP contribution in [-0.4, -0.2) is 31.5 Å². The summed E-state index contributed by atoms with van der Waals surface area (Å²) in [6.45, 7) is 6.50. The molecule has 0 aliphatic rings. The highest BCUT2D eigenvalue weighted by Gasteiger charge is 2.14. The maximum Gasteiger partial charge on any atom is 0.236 e. The molecule has 0 bridgehead atoms. The quantitative estimate of drug-likeness (QED) is 0.292. The summed E-state index contributed by atoms with van der Waals surface area (Å²) in [6.07, 6.45) is 0. The fourth-order valence-electron chi connectivity index (χ4n) is 2.97. The van der Waals surface area contributed by atoms with Crippen LogP contribution >= 0.6 is 23.1 Å². The summed E-state index contributed by atoms with van der Waals surface area (Å²) in [5.41, 5.74) is 3.27. The average molecular weight is 469 g/mol. The molecular weight excluding hydrogens is 444 g/mol. The number of carbonyl (C=O) groups is 1. The van der Waals surface area contributed by atoms with Gasteiger partial charge in [0.25, 0.3) is 0 Å². The third-order valence-electron chi connectivity index (χ3n) is 4.77. The van der Waals surface area contributed by atoms with Crippen LogP contribution in [0, 0.1) is 6.92 Å². The van der Waals surface area contributed by atoms with E-state index in [0.29, 0.717) is 22.0 Å². The molecule has 0 fully saturated rings. The zero-order chi connectivity index (χ0) is 22.7. The number of hydrogen-bond acceptors (Lipinski definition) is 8. The van der Waals surface area contributed by atoms with Crippen molar-refractivity contribution in [2.45, 2.75) is 38.5 Å². The van der Waals surface area contributed by atoms with Gasteiger partial charge in [0.05, 0.1) is 16.0 Å². The van der Waals surface area contributed by atoms with Crippen LogP contribution in [0.3, 0.4) is 0 Å². The van der Waals surface area contributed by atoms with Crippen LogP contribution in [0.1, 0.15) is 36.7 Å². The van der Waals surface area contributed by atoms with Crippen molar-refractivity contribution < 1.29 is 9.53 Å². The molecule has 4 aromatic rings. The van der Waals surface area contributed by atoms with Crippen molar-refractivity contribution in [3.05, 3.63) is 59.4 Å². The predicted octanol–water partition coefficient (Wildman–Crippen LogP) is 4.34. The summed E-state index contributed by atoms with van der Waals surface area (Å²) >= 11 is 2.65. The third kappa shape index (κ3) is 5.20. The van der Waals surface area contributed by atoms with E-state index < -0.39 is 0 Å². The summed E-state index contributed by atoms with van der Waals surface area (Å²) in [7, 11) is 0. The highest BCUT2D eigenvalue weighted by atomic mass is 32.2. The Morgan fingerprint density at radius 2 is 2.00 bits per heavy atom. The lowest BCUT2D eigenvalue weighted by atomic mass is 10.0. The summed E-state index contributed by atoms with van der Waals surface area (Å²) < 4.78 is 8.15. The first-order valence-electron chi connectivity index (χ1n) is 10.1. The first-order valence-corrected chi connectivity index (χ1v) is 11.9. The number of rotatable bonds is 8. The van der Waals surface area contributed by atoms with Gasteiger partial charge in [0.1, 0.15) is 12.4 Å². The molecule has 10 heteroatoms. The summed E-state index contributed by atoms with van der Waals surface area (Å²) in [6, 6.07) is 13.9. The lowest BCUT2D eigenvalue weighted by Crippen LogP contribution is -2.18. The lowest BCUT2D eigenvalue weighted by molar-refractivity contribution is -0.113. The molecule has 0 atom stereocenters. The second kappa shape index (κ2) is 9.58. The molecule has 0 unspecified atom stereocenters. The molecule has 166 valence electrons. The minimum absolute atomic E-state index is 0.141. The number of thioether (sulfide) groups is 1. The van der Waals surface area contributed by atoms with E-state index in [1.165, 1.54) is 33.3 Å². The molecule has 0 spiro atoms. The van der Waals surface area contributed by atoms with Crippen molar-refractivity contribution in [3.8, 4) is 5.75 Å². The second-order valence-electron chi connectivity index (χ2n) is 7.61. The van der Waals surface area contributed by atoms with Crippen LogP contribution < -0.4 is 15.9 Å². The minimum atomic E-state index is -0.183. The summed E-state index contributed by atoms with van der Waals surface area (Å²) in [5.74, 6) is 7.71. The molecule has 8 nitrogen and oxygen atoms in total. The Hall–Kier alpha value is -3.11. The molecule has 0 radical (unpaired) electrons. The average Bonchev–Trinajstić information content (AvgIpc) is 3.33. The fraction of sp³-hybridized carbons (Fsp3) is 0.273. The second-order valence-corrected chi connectivity index (χ2v) is 9.58. The van der Waals surface area contributed by atoms with Gasteiger partial charge in [0.2, 0.25) is 11.1 Å². The van der Waals surface area contributed by atoms with Gasteiger partial charge in [-0.3, -0.25) is 4.79 Å². The van der Waals surface area contributed by atoms with Crippen molar-refractivity contribution in [2.24, 2.45) is 0 Å². The Kier molecular flexibility index (Phi) is 6.61. The first-order chi connectivity index (χ1) is 15.4. The first kappa shape index (κ1) is 22.1. The van der Waals surface area contributed by atoms with Crippen LogP contribution in [0.25, 0.3) is 10.2 Å². The van der Waals surface area contributed by atoms with Gasteiger partial charge in [-0.15, -0.1) is 10.2 Å². The van der Waals surface area contributed by atoms with E-state index in [1.807, 2.05) is 43.3 Å². The number of carbonyl (C=O) groups excluding carboxylic acids is 1. The number of thiazole rings is 1. The van der Waals surface area contributed by atoms with Gasteiger partial charge in [0.15, 0.2) is 11.0 Å². The number of nitrogen functional groups attached to an aromatic ring is 1. The van der Waals surface area contributed by atoms with Crippen molar-refractivity contribution in [1.29, 1.82) is 0 Å². The van der Waals surface area contributed by atoms with Gasteiger partial charge in [-0.25, -0.2) is 9.66 Å². The summed E-state index contributed by atoms with van der Waals surface area (Å²) in [5, 5.41) is 12.0. The number of benzene rings is 2. The highest BCUT2D eigenvalue weighted by molar-refractivity contribution is 7.99. The van der Waals surface area contributed by atoms with Crippen LogP contribution in [0.2, 0.25) is 0 Å². The molecule has 0 aliphatic heterocycles. The molecule has 1 amide bonds. The van der Waals surface area contributed by atoms with Crippen LogP contribution in [-0.2, 0) is 11.4 Å². The SMILES string of the molecule is Cc1ccc2nc(NC(=O)CSc3nnc(COc4ccc(C(C)C)cc4)n3N)sc2c1. The Morgan fingerprint density at radius 3 is 2.75 bits per heavy atom. The number of aryl methyl sites for hydroxylation is 1. The van der Waals surface area contributed by atoms with Gasteiger partial charge in [-0.1, -0.05) is 55.1 Å². The van der Waals surface area contributed by atoms with Gasteiger partial charge < -0.3 is 15.9 Å².